The summed E-state index contributed by atoms with van der Waals surface area (Å²) in [5.74, 6) is -1.78. The molecule has 0 radical (unpaired) electrons. The Kier molecular flexibility index (Phi) is 34.4. The van der Waals surface area contributed by atoms with Gasteiger partial charge in [0.15, 0.2) is 62.9 Å². The zero-order valence-electron chi connectivity index (χ0n) is 61.9. The first-order valence-corrected chi connectivity index (χ1v) is 37.2. The van der Waals surface area contributed by atoms with Crippen LogP contribution in [0.4, 0.5) is 0 Å². The molecule has 117 heavy (non-hydrogen) atoms. The minimum atomic E-state index is -2.65. The average Bonchev–Trinajstić information content (AvgIpc) is 0.754. The van der Waals surface area contributed by atoms with E-state index >= 15 is 0 Å². The zero-order chi connectivity index (χ0) is 85.9. The molecule has 53 heteroatoms. The maximum atomic E-state index is 13.0. The maximum absolute atomic E-state index is 13.0. The molecule has 10 aliphatic heterocycles. The number of carbonyl (C=O) groups excluding carboxylic acids is 2. The molecule has 0 aromatic rings. The summed E-state index contributed by atoms with van der Waals surface area (Å²) in [5.41, 5.74) is 0. The molecule has 0 bridgehead atoms. The van der Waals surface area contributed by atoms with Crippen LogP contribution in [-0.4, -0.2) is 538 Å². The molecule has 50 atom stereocenters. The van der Waals surface area contributed by atoms with Crippen molar-refractivity contribution in [2.75, 3.05) is 66.1 Å². The first kappa shape index (κ1) is 96.2. The van der Waals surface area contributed by atoms with Crippen LogP contribution >= 0.6 is 0 Å². The fourth-order valence-electron chi connectivity index (χ4n) is 14.9. The van der Waals surface area contributed by atoms with Gasteiger partial charge in [-0.15, -0.1) is 0 Å². The third-order valence-corrected chi connectivity index (χ3v) is 21.6. The number of rotatable bonds is 30. The molecular weight excluding hydrogens is 1610 g/mol. The summed E-state index contributed by atoms with van der Waals surface area (Å²) in [5, 5.41) is 336. The standard InChI is InChI=1S/C64H108N2O51/c1-13(74)65-25-35(84)49(20(8-72)102-55(25)98)112-56-26(66-14(2)75)36(85)50(21(9-73)108-56)113-62-48(97)52(115-64-54(117-61-46(95)40(89)30(79)18(6-70)106-61)42(91)32(81)22(111-64)10-99-57-43(92)37(86)27(76)15(3-67)103-57)34(83)24(110-62)11-100-58-47(96)51(114-59-44(93)38(87)28(77)16(4-68)104-59)33(82)23(109-58)12-101-63-53(41(90)31(80)19(7-71)107-63)116-60-45(94)39(88)29(78)17(5-69)105-60/h15-64,67-73,76-98H,3-12H2,1-2H3,(H,65,74)(H,66,75)/t15-,16-,17-,18-,19-,20-,21-,22-,23-,24-,25-,26-,27-,28-,29-,30-,31-,32-,33-,34-,35-,36-,37+,38+,39+,40+,41+,42+,43+,44+,45+,46+,47+,48+,49-,50-,51+,52+,53+,54+,55-,56+,57+,58+,59-,60-,61-,62+,63+,64-/m1/s1. The van der Waals surface area contributed by atoms with Gasteiger partial charge in [0.05, 0.1) is 66.1 Å². The van der Waals surface area contributed by atoms with E-state index in [1.54, 1.807) is 0 Å². The lowest BCUT2D eigenvalue weighted by molar-refractivity contribution is -0.401. The quantitative estimate of drug-likeness (QED) is 0.0318. The summed E-state index contributed by atoms with van der Waals surface area (Å²) < 4.78 is 111. The highest BCUT2D eigenvalue weighted by atomic mass is 16.8. The summed E-state index contributed by atoms with van der Waals surface area (Å²) in [6, 6.07) is -3.65. The molecule has 10 aliphatic rings. The van der Waals surface area contributed by atoms with E-state index in [-0.39, 0.29) is 0 Å². The molecule has 0 unspecified atom stereocenters. The number of carbonyl (C=O) groups is 2. The van der Waals surface area contributed by atoms with Gasteiger partial charge >= 0.3 is 0 Å². The predicted octanol–water partition coefficient (Wildman–Crippen LogP) is -22.5. The van der Waals surface area contributed by atoms with Crippen molar-refractivity contribution >= 4 is 11.8 Å². The molecule has 2 amide bonds. The van der Waals surface area contributed by atoms with E-state index in [1.807, 2.05) is 0 Å². The number of hydrogen-bond acceptors (Lipinski definition) is 51. The zero-order valence-corrected chi connectivity index (χ0v) is 61.9. The fraction of sp³-hybridized carbons (Fsp3) is 0.969. The van der Waals surface area contributed by atoms with Gasteiger partial charge in [0.25, 0.3) is 0 Å². The summed E-state index contributed by atoms with van der Waals surface area (Å²) in [4.78, 5) is 25.2. The van der Waals surface area contributed by atoms with Gasteiger partial charge in [0.1, 0.15) is 244 Å². The second kappa shape index (κ2) is 41.9. The third-order valence-electron chi connectivity index (χ3n) is 21.6. The highest BCUT2D eigenvalue weighted by Gasteiger charge is 2.61. The molecule has 0 spiro atoms. The van der Waals surface area contributed by atoms with Gasteiger partial charge in [-0.1, -0.05) is 0 Å². The van der Waals surface area contributed by atoms with E-state index < -0.39 is 385 Å². The lowest BCUT2D eigenvalue weighted by Gasteiger charge is -2.51. The smallest absolute Gasteiger partial charge is 0.217 e. The van der Waals surface area contributed by atoms with Crippen LogP contribution in [-0.2, 0) is 99.6 Å². The topological polar surface area (TPSA) is 840 Å². The Morgan fingerprint density at radius 3 is 0.889 bits per heavy atom. The lowest BCUT2D eigenvalue weighted by atomic mass is 9.94. The predicted molar refractivity (Wildman–Crippen MR) is 353 cm³/mol. The highest BCUT2D eigenvalue weighted by Crippen LogP contribution is 2.40. The van der Waals surface area contributed by atoms with E-state index in [4.69, 9.17) is 90.0 Å². The van der Waals surface area contributed by atoms with Crippen molar-refractivity contribution < 1.29 is 253 Å². The molecule has 10 rings (SSSR count). The van der Waals surface area contributed by atoms with Gasteiger partial charge in [-0.05, 0) is 0 Å². The molecule has 32 N–H and O–H groups in total. The van der Waals surface area contributed by atoms with Crippen LogP contribution in [0.1, 0.15) is 13.8 Å². The summed E-state index contributed by atoms with van der Waals surface area (Å²) >= 11 is 0. The largest absolute Gasteiger partial charge is 0.394 e. The van der Waals surface area contributed by atoms with Gasteiger partial charge in [-0.3, -0.25) is 9.59 Å². The monoisotopic (exact) mass is 1720 g/mol. The molecule has 0 saturated carbocycles. The average molecular weight is 1720 g/mol. The number of amides is 2. The van der Waals surface area contributed by atoms with E-state index in [0.717, 1.165) is 13.8 Å². The van der Waals surface area contributed by atoms with E-state index in [9.17, 15) is 163 Å². The first-order valence-electron chi connectivity index (χ1n) is 37.2. The van der Waals surface area contributed by atoms with Gasteiger partial charge < -0.3 is 254 Å². The van der Waals surface area contributed by atoms with Crippen molar-refractivity contribution in [1.82, 2.24) is 10.6 Å². The molecule has 0 aromatic heterocycles. The molecular formula is C64H108N2O51. The second-order valence-corrected chi connectivity index (χ2v) is 29.6. The van der Waals surface area contributed by atoms with Crippen molar-refractivity contribution in [3.05, 3.63) is 0 Å². The first-order chi connectivity index (χ1) is 55.4. The van der Waals surface area contributed by atoms with Crippen LogP contribution in [0.25, 0.3) is 0 Å². The minimum Gasteiger partial charge on any atom is -0.394 e. The van der Waals surface area contributed by atoms with E-state index in [1.165, 1.54) is 0 Å². The van der Waals surface area contributed by atoms with Crippen LogP contribution in [0.3, 0.4) is 0 Å². The molecule has 10 saturated heterocycles. The Balaban J connectivity index is 1.00. The van der Waals surface area contributed by atoms with Crippen LogP contribution in [0.5, 0.6) is 0 Å². The van der Waals surface area contributed by atoms with Crippen LogP contribution in [0.2, 0.25) is 0 Å². The Labute approximate surface area is 660 Å². The maximum Gasteiger partial charge on any atom is 0.217 e. The van der Waals surface area contributed by atoms with Crippen molar-refractivity contribution in [1.29, 1.82) is 0 Å². The third kappa shape index (κ3) is 20.9. The Bertz CT molecular complexity index is 3040. The normalized spacial score (nSPS) is 51.5. The van der Waals surface area contributed by atoms with Gasteiger partial charge in [-0.25, -0.2) is 0 Å². The van der Waals surface area contributed by atoms with Crippen molar-refractivity contribution in [2.24, 2.45) is 0 Å². The fourth-order valence-corrected chi connectivity index (χ4v) is 14.9. The van der Waals surface area contributed by atoms with E-state index in [0.29, 0.717) is 0 Å². The molecule has 0 aromatic carbocycles. The van der Waals surface area contributed by atoms with Gasteiger partial charge in [0, 0.05) is 13.8 Å². The Hall–Kier alpha value is -3.02. The molecule has 10 fully saturated rings. The molecule has 10 heterocycles. The van der Waals surface area contributed by atoms with Crippen LogP contribution < -0.4 is 10.6 Å². The lowest BCUT2D eigenvalue weighted by Crippen LogP contribution is -2.70. The van der Waals surface area contributed by atoms with Crippen molar-refractivity contribution in [2.45, 2.75) is 321 Å². The summed E-state index contributed by atoms with van der Waals surface area (Å²) in [6.45, 7) is -9.05. The number of nitrogens with one attached hydrogen (secondary N) is 2. The van der Waals surface area contributed by atoms with Crippen LogP contribution in [0, 0.1) is 0 Å². The number of aliphatic hydroxyl groups is 30. The SMILES string of the molecule is CC(=O)N[C@@H]1[C@@H](O)[C@H](O[C@@H]2O[C@H](CO)[C@@H](O[C@@H]3O[C@H](CO[C@H]4O[C@H](CO[C@H]5O[C@H](CO)[C@@H](O)[C@H](O)[C@@H]5O[C@H]5O[C@H](CO)[C@@H](O)[C@H](O)[C@@H]5O)[C@@H](O)[C@H](O[C@H]5O[C@H](CO)[C@@H](O)[C@H](O)[C@@H]5O)[C@@H]4O)[C@@H](O)[C@H](O[C@H]4O[C@H](CO[C@H]5O[C@H](CO)[C@@H](O)[C@H](O)[C@@H]5O)[C@@H](O)[C@H](O)[C@@H]4O[C@H]4O[C@H](CO)[C@@H](O)[C@H](O)[C@@H]4O)[C@@H]3O)[C@H](O)[C@H]2NC(C)=O)[C@@H](CO)O[C@H]1O. The minimum absolute atomic E-state index is 0.807. The molecule has 680 valence electrons. The van der Waals surface area contributed by atoms with Crippen molar-refractivity contribution in [3.63, 3.8) is 0 Å². The Morgan fingerprint density at radius 2 is 0.470 bits per heavy atom. The van der Waals surface area contributed by atoms with E-state index in [2.05, 4.69) is 10.6 Å². The van der Waals surface area contributed by atoms with Gasteiger partial charge in [0.2, 0.25) is 11.8 Å². The molecule has 53 nitrogen and oxygen atoms in total. The number of ether oxygens (including phenoxy) is 19. The van der Waals surface area contributed by atoms with Gasteiger partial charge in [-0.2, -0.15) is 0 Å². The second-order valence-electron chi connectivity index (χ2n) is 29.6. The molecule has 0 aliphatic carbocycles. The summed E-state index contributed by atoms with van der Waals surface area (Å²) in [7, 11) is 0. The Morgan fingerprint density at radius 1 is 0.222 bits per heavy atom. The summed E-state index contributed by atoms with van der Waals surface area (Å²) in [6.07, 6.45) is -103. The highest BCUT2D eigenvalue weighted by molar-refractivity contribution is 5.73. The van der Waals surface area contributed by atoms with Crippen molar-refractivity contribution in [3.8, 4) is 0 Å². The number of hydrogen-bond donors (Lipinski definition) is 32. The van der Waals surface area contributed by atoms with Crippen LogP contribution in [0.15, 0.2) is 0 Å². The number of aliphatic hydroxyl groups excluding tert-OH is 30.